The molecule has 0 amide bonds. The molecular weight excluding hydrogens is 260 g/mol. The quantitative estimate of drug-likeness (QED) is 0.484. The smallest absolute Gasteiger partial charge is 0.0908 e. The molecule has 0 saturated heterocycles. The minimum atomic E-state index is -0.900. The molecule has 21 heavy (non-hydrogen) atoms. The summed E-state index contributed by atoms with van der Waals surface area (Å²) in [7, 11) is 0. The second-order valence-corrected chi connectivity index (χ2v) is 7.02. The van der Waals surface area contributed by atoms with Gasteiger partial charge in [0.25, 0.3) is 0 Å². The molecule has 2 heteroatoms. The topological polar surface area (TPSA) is 40.5 Å². The lowest BCUT2D eigenvalue weighted by molar-refractivity contribution is -0.0972. The number of hydrogen-bond acceptors (Lipinski definition) is 2. The van der Waals surface area contributed by atoms with E-state index in [0.717, 1.165) is 25.7 Å². The second kappa shape index (κ2) is 11.5. The van der Waals surface area contributed by atoms with E-state index in [1.54, 1.807) is 6.92 Å². The van der Waals surface area contributed by atoms with Crippen molar-refractivity contribution in [3.63, 3.8) is 0 Å². The van der Waals surface area contributed by atoms with Gasteiger partial charge in [0.2, 0.25) is 0 Å². The van der Waals surface area contributed by atoms with Crippen LogP contribution in [0, 0.1) is 11.8 Å². The molecule has 0 fully saturated rings. The Hall–Kier alpha value is -0.0800. The Kier molecular flexibility index (Phi) is 11.4. The summed E-state index contributed by atoms with van der Waals surface area (Å²) in [6.07, 6.45) is 10.3. The van der Waals surface area contributed by atoms with Crippen LogP contribution in [0.3, 0.4) is 0 Å². The zero-order valence-corrected chi connectivity index (χ0v) is 15.2. The molecule has 0 radical (unpaired) electrons. The van der Waals surface area contributed by atoms with Crippen LogP contribution in [0.4, 0.5) is 0 Å². The van der Waals surface area contributed by atoms with Crippen LogP contribution < -0.4 is 0 Å². The van der Waals surface area contributed by atoms with Crippen LogP contribution in [-0.2, 0) is 0 Å². The van der Waals surface area contributed by atoms with Crippen molar-refractivity contribution >= 4 is 0 Å². The molecule has 0 heterocycles. The molecule has 0 spiro atoms. The van der Waals surface area contributed by atoms with Crippen LogP contribution in [0.25, 0.3) is 0 Å². The molecule has 0 rings (SSSR count). The van der Waals surface area contributed by atoms with Gasteiger partial charge < -0.3 is 10.2 Å². The highest BCUT2D eigenvalue weighted by Crippen LogP contribution is 2.34. The van der Waals surface area contributed by atoms with Gasteiger partial charge in [0, 0.05) is 0 Å². The fraction of sp³-hybridized carbons (Fsp3) is 1.00. The van der Waals surface area contributed by atoms with Gasteiger partial charge in [-0.2, -0.15) is 0 Å². The molecule has 0 aliphatic carbocycles. The highest BCUT2D eigenvalue weighted by Gasteiger charge is 2.36. The summed E-state index contributed by atoms with van der Waals surface area (Å²) in [5, 5.41) is 21.2. The predicted molar refractivity (Wildman–Crippen MR) is 92.5 cm³/mol. The first-order valence-electron chi connectivity index (χ1n) is 9.33. The lowest BCUT2D eigenvalue weighted by Crippen LogP contribution is -2.44. The Bertz CT molecular complexity index is 220. The van der Waals surface area contributed by atoms with E-state index in [-0.39, 0.29) is 0 Å². The number of rotatable bonds is 13. The Balaban J connectivity index is 4.71. The van der Waals surface area contributed by atoms with Crippen molar-refractivity contribution in [3.05, 3.63) is 0 Å². The first-order chi connectivity index (χ1) is 9.93. The average molecular weight is 301 g/mol. The van der Waals surface area contributed by atoms with Crippen LogP contribution in [-0.4, -0.2) is 21.9 Å². The Morgan fingerprint density at radius 1 is 0.810 bits per heavy atom. The van der Waals surface area contributed by atoms with Crippen molar-refractivity contribution in [2.24, 2.45) is 11.8 Å². The van der Waals surface area contributed by atoms with Gasteiger partial charge in [0.15, 0.2) is 0 Å². The van der Waals surface area contributed by atoms with Crippen molar-refractivity contribution in [2.75, 3.05) is 0 Å². The third-order valence-corrected chi connectivity index (χ3v) is 5.15. The SMILES string of the molecule is CCCCC(CC)CC(O)(CC(CC)CCCC)C(C)O. The zero-order valence-electron chi connectivity index (χ0n) is 15.2. The minimum Gasteiger partial charge on any atom is -0.390 e. The van der Waals surface area contributed by atoms with Gasteiger partial charge >= 0.3 is 0 Å². The number of aliphatic hydroxyl groups is 2. The van der Waals surface area contributed by atoms with E-state index in [0.29, 0.717) is 11.8 Å². The van der Waals surface area contributed by atoms with Crippen molar-refractivity contribution in [3.8, 4) is 0 Å². The van der Waals surface area contributed by atoms with Crippen LogP contribution in [0.2, 0.25) is 0 Å². The fourth-order valence-corrected chi connectivity index (χ4v) is 3.31. The highest BCUT2D eigenvalue weighted by atomic mass is 16.3. The molecular formula is C19H40O2. The number of aliphatic hydroxyl groups excluding tert-OH is 1. The molecule has 0 bridgehead atoms. The normalized spacial score (nSPS) is 19.0. The molecule has 3 atom stereocenters. The molecule has 0 aliphatic heterocycles. The fourth-order valence-electron chi connectivity index (χ4n) is 3.31. The molecule has 2 N–H and O–H groups in total. The molecule has 0 aromatic carbocycles. The highest BCUT2D eigenvalue weighted by molar-refractivity contribution is 4.88. The third kappa shape index (κ3) is 8.21. The average Bonchev–Trinajstić information content (AvgIpc) is 2.47. The summed E-state index contributed by atoms with van der Waals surface area (Å²) in [5.41, 5.74) is -0.900. The first-order valence-corrected chi connectivity index (χ1v) is 9.33. The Morgan fingerprint density at radius 3 is 1.43 bits per heavy atom. The zero-order chi connectivity index (χ0) is 16.3. The van der Waals surface area contributed by atoms with Crippen molar-refractivity contribution in [1.29, 1.82) is 0 Å². The summed E-state index contributed by atoms with van der Waals surface area (Å²) in [5.74, 6) is 1.07. The third-order valence-electron chi connectivity index (χ3n) is 5.15. The molecule has 0 saturated carbocycles. The van der Waals surface area contributed by atoms with Gasteiger partial charge in [0.1, 0.15) is 0 Å². The van der Waals surface area contributed by atoms with E-state index in [2.05, 4.69) is 27.7 Å². The second-order valence-electron chi connectivity index (χ2n) is 7.02. The summed E-state index contributed by atoms with van der Waals surface area (Å²) < 4.78 is 0. The van der Waals surface area contributed by atoms with E-state index in [1.165, 1.54) is 38.5 Å². The Labute approximate surface area is 133 Å². The van der Waals surface area contributed by atoms with Crippen molar-refractivity contribution in [2.45, 2.75) is 111 Å². The monoisotopic (exact) mass is 300 g/mol. The minimum absolute atomic E-state index is 0.535. The van der Waals surface area contributed by atoms with Crippen LogP contribution in [0.5, 0.6) is 0 Å². The summed E-state index contributed by atoms with van der Waals surface area (Å²) >= 11 is 0. The van der Waals surface area contributed by atoms with Crippen LogP contribution >= 0.6 is 0 Å². The molecule has 0 aromatic heterocycles. The largest absolute Gasteiger partial charge is 0.390 e. The molecule has 128 valence electrons. The number of unbranched alkanes of at least 4 members (excludes halogenated alkanes) is 2. The maximum absolute atomic E-state index is 11.0. The van der Waals surface area contributed by atoms with E-state index >= 15 is 0 Å². The first kappa shape index (κ1) is 20.9. The predicted octanol–water partition coefficient (Wildman–Crippen LogP) is 5.31. The maximum Gasteiger partial charge on any atom is 0.0908 e. The summed E-state index contributed by atoms with van der Waals surface area (Å²) in [4.78, 5) is 0. The van der Waals surface area contributed by atoms with Gasteiger partial charge in [0.05, 0.1) is 11.7 Å². The lowest BCUT2D eigenvalue weighted by atomic mass is 9.76. The molecule has 3 unspecified atom stereocenters. The Morgan fingerprint density at radius 2 is 1.19 bits per heavy atom. The molecule has 0 aliphatic rings. The van der Waals surface area contributed by atoms with Gasteiger partial charge in [-0.3, -0.25) is 0 Å². The maximum atomic E-state index is 11.0. The standard InChI is InChI=1S/C19H40O2/c1-6-10-12-17(8-3)14-19(21,16(5)20)15-18(9-4)13-11-7-2/h16-18,20-21H,6-15H2,1-5H3. The van der Waals surface area contributed by atoms with Crippen LogP contribution in [0.1, 0.15) is 98.8 Å². The van der Waals surface area contributed by atoms with Gasteiger partial charge in [-0.15, -0.1) is 0 Å². The van der Waals surface area contributed by atoms with Crippen LogP contribution in [0.15, 0.2) is 0 Å². The molecule has 2 nitrogen and oxygen atoms in total. The van der Waals surface area contributed by atoms with Gasteiger partial charge in [-0.1, -0.05) is 79.1 Å². The molecule has 0 aromatic rings. The van der Waals surface area contributed by atoms with E-state index in [9.17, 15) is 10.2 Å². The van der Waals surface area contributed by atoms with Crippen molar-refractivity contribution < 1.29 is 10.2 Å². The van der Waals surface area contributed by atoms with E-state index in [4.69, 9.17) is 0 Å². The van der Waals surface area contributed by atoms with E-state index in [1.807, 2.05) is 0 Å². The van der Waals surface area contributed by atoms with Crippen molar-refractivity contribution in [1.82, 2.24) is 0 Å². The number of hydrogen-bond donors (Lipinski definition) is 2. The van der Waals surface area contributed by atoms with E-state index < -0.39 is 11.7 Å². The lowest BCUT2D eigenvalue weighted by Gasteiger charge is -2.37. The van der Waals surface area contributed by atoms with Gasteiger partial charge in [-0.25, -0.2) is 0 Å². The van der Waals surface area contributed by atoms with Gasteiger partial charge in [-0.05, 0) is 31.6 Å². The summed E-state index contributed by atoms with van der Waals surface area (Å²) in [6.45, 7) is 10.6. The summed E-state index contributed by atoms with van der Waals surface area (Å²) in [6, 6.07) is 0.